The minimum absolute atomic E-state index is 0.523. The lowest BCUT2D eigenvalue weighted by Crippen LogP contribution is -2.25. The van der Waals surface area contributed by atoms with E-state index in [0.29, 0.717) is 11.9 Å². The molecule has 1 saturated heterocycles. The summed E-state index contributed by atoms with van der Waals surface area (Å²) in [6, 6.07) is 6.51. The molecule has 2 aliphatic rings. The summed E-state index contributed by atoms with van der Waals surface area (Å²) in [4.78, 5) is 4.46. The Hall–Kier alpha value is -1.55. The minimum Gasteiger partial charge on any atom is -0.381 e. The molecular weight excluding hydrogens is 250 g/mol. The Morgan fingerprint density at radius 3 is 2.90 bits per heavy atom. The van der Waals surface area contributed by atoms with E-state index in [-0.39, 0.29) is 0 Å². The number of anilines is 1. The van der Waals surface area contributed by atoms with Crippen molar-refractivity contribution >= 4 is 11.6 Å². The molecule has 4 heteroatoms. The Labute approximate surface area is 120 Å². The van der Waals surface area contributed by atoms with Gasteiger partial charge in [-0.05, 0) is 61.3 Å². The van der Waals surface area contributed by atoms with Crippen molar-refractivity contribution in [2.45, 2.75) is 32.1 Å². The summed E-state index contributed by atoms with van der Waals surface area (Å²) < 4.78 is 5.35. The van der Waals surface area contributed by atoms with Crippen molar-refractivity contribution in [2.75, 3.05) is 25.1 Å². The number of nitrogens with zero attached hydrogens (tertiary/aromatic N) is 1. The molecule has 0 saturated carbocycles. The topological polar surface area (TPSA) is 59.6 Å². The highest BCUT2D eigenvalue weighted by Crippen LogP contribution is 2.24. The number of nitrogens with one attached hydrogen (secondary N) is 1. The molecule has 1 heterocycles. The van der Waals surface area contributed by atoms with Crippen LogP contribution in [0, 0.1) is 5.92 Å². The number of ether oxygens (including phenoxy) is 1. The number of aliphatic imine (C=N–C) groups is 1. The molecule has 108 valence electrons. The van der Waals surface area contributed by atoms with Gasteiger partial charge in [0.1, 0.15) is 0 Å². The molecule has 1 fully saturated rings. The van der Waals surface area contributed by atoms with Crippen molar-refractivity contribution in [3.05, 3.63) is 29.3 Å². The van der Waals surface area contributed by atoms with Gasteiger partial charge in [0.15, 0.2) is 5.96 Å². The van der Waals surface area contributed by atoms with E-state index in [4.69, 9.17) is 10.5 Å². The number of fused-ring (bicyclic) bond motifs is 1. The summed E-state index contributed by atoms with van der Waals surface area (Å²) >= 11 is 0. The summed E-state index contributed by atoms with van der Waals surface area (Å²) in [5.74, 6) is 1.14. The van der Waals surface area contributed by atoms with Crippen LogP contribution in [0.2, 0.25) is 0 Å². The number of benzene rings is 1. The van der Waals surface area contributed by atoms with E-state index < -0.39 is 0 Å². The van der Waals surface area contributed by atoms with Gasteiger partial charge in [-0.25, -0.2) is 0 Å². The first-order valence-electron chi connectivity index (χ1n) is 7.58. The van der Waals surface area contributed by atoms with Gasteiger partial charge in [-0.3, -0.25) is 4.99 Å². The molecule has 0 unspecified atom stereocenters. The fourth-order valence-corrected chi connectivity index (χ4v) is 2.99. The van der Waals surface area contributed by atoms with Crippen LogP contribution in [-0.2, 0) is 17.6 Å². The minimum atomic E-state index is 0.523. The third-order valence-corrected chi connectivity index (χ3v) is 4.23. The van der Waals surface area contributed by atoms with Crippen molar-refractivity contribution in [1.29, 1.82) is 0 Å². The quantitative estimate of drug-likeness (QED) is 0.656. The highest BCUT2D eigenvalue weighted by molar-refractivity contribution is 5.92. The summed E-state index contributed by atoms with van der Waals surface area (Å²) in [6.45, 7) is 2.52. The number of nitrogens with two attached hydrogens (primary N) is 1. The average Bonchev–Trinajstić information content (AvgIpc) is 2.94. The molecule has 4 nitrogen and oxygen atoms in total. The van der Waals surface area contributed by atoms with E-state index in [1.165, 1.54) is 30.4 Å². The fraction of sp³-hybridized carbons (Fsp3) is 0.562. The highest BCUT2D eigenvalue weighted by Gasteiger charge is 2.13. The number of guanidine groups is 1. The smallest absolute Gasteiger partial charge is 0.193 e. The zero-order chi connectivity index (χ0) is 13.8. The summed E-state index contributed by atoms with van der Waals surface area (Å²) in [5.41, 5.74) is 9.96. The van der Waals surface area contributed by atoms with Crippen LogP contribution >= 0.6 is 0 Å². The normalized spacial score (nSPS) is 19.9. The van der Waals surface area contributed by atoms with E-state index in [9.17, 15) is 0 Å². The molecular formula is C16H23N3O. The Morgan fingerprint density at radius 1 is 1.25 bits per heavy atom. The van der Waals surface area contributed by atoms with Crippen LogP contribution in [-0.4, -0.2) is 25.7 Å². The van der Waals surface area contributed by atoms with Gasteiger partial charge in [0, 0.05) is 25.4 Å². The summed E-state index contributed by atoms with van der Waals surface area (Å²) in [5, 5.41) is 3.21. The Balaban J connectivity index is 1.56. The molecule has 1 aromatic rings. The van der Waals surface area contributed by atoms with Crippen LogP contribution in [0.1, 0.15) is 30.4 Å². The van der Waals surface area contributed by atoms with Crippen molar-refractivity contribution in [3.8, 4) is 0 Å². The lowest BCUT2D eigenvalue weighted by atomic mass is 10.0. The van der Waals surface area contributed by atoms with Crippen LogP contribution in [0.25, 0.3) is 0 Å². The third kappa shape index (κ3) is 3.31. The first kappa shape index (κ1) is 13.4. The van der Waals surface area contributed by atoms with Crippen molar-refractivity contribution in [3.63, 3.8) is 0 Å². The largest absolute Gasteiger partial charge is 0.381 e. The number of hydrogen-bond donors (Lipinski definition) is 2. The molecule has 0 spiro atoms. The van der Waals surface area contributed by atoms with Crippen LogP contribution in [0.5, 0.6) is 0 Å². The maximum Gasteiger partial charge on any atom is 0.193 e. The van der Waals surface area contributed by atoms with Crippen LogP contribution in [0.15, 0.2) is 23.2 Å². The van der Waals surface area contributed by atoms with E-state index in [1.54, 1.807) is 0 Å². The fourth-order valence-electron chi connectivity index (χ4n) is 2.99. The third-order valence-electron chi connectivity index (χ3n) is 4.23. The molecule has 3 rings (SSSR count). The molecule has 0 radical (unpaired) electrons. The highest BCUT2D eigenvalue weighted by atomic mass is 16.5. The van der Waals surface area contributed by atoms with Gasteiger partial charge in [0.25, 0.3) is 0 Å². The molecule has 0 bridgehead atoms. The Morgan fingerprint density at radius 2 is 2.05 bits per heavy atom. The average molecular weight is 273 g/mol. The van der Waals surface area contributed by atoms with E-state index >= 15 is 0 Å². The first-order chi connectivity index (χ1) is 9.81. The van der Waals surface area contributed by atoms with Gasteiger partial charge in [-0.15, -0.1) is 0 Å². The first-order valence-corrected chi connectivity index (χ1v) is 7.58. The molecule has 1 aromatic carbocycles. The number of rotatable bonds is 3. The van der Waals surface area contributed by atoms with Crippen LogP contribution in [0.3, 0.4) is 0 Å². The molecule has 3 N–H and O–H groups in total. The van der Waals surface area contributed by atoms with Crippen molar-refractivity contribution in [2.24, 2.45) is 16.6 Å². The Kier molecular flexibility index (Phi) is 4.21. The molecule has 20 heavy (non-hydrogen) atoms. The van der Waals surface area contributed by atoms with E-state index in [2.05, 4.69) is 28.5 Å². The predicted octanol–water partition coefficient (Wildman–Crippen LogP) is 2.33. The van der Waals surface area contributed by atoms with Crippen molar-refractivity contribution < 1.29 is 4.74 Å². The standard InChI is InChI=1S/C16H23N3O/c17-16(18-11-12-6-8-20-9-7-12)19-15-5-4-13-2-1-3-14(13)10-15/h4-5,10,12H,1-3,6-9,11H2,(H3,17,18,19). The van der Waals surface area contributed by atoms with Gasteiger partial charge < -0.3 is 15.8 Å². The molecule has 0 atom stereocenters. The molecule has 0 amide bonds. The second kappa shape index (κ2) is 6.27. The maximum absolute atomic E-state index is 5.98. The van der Waals surface area contributed by atoms with Gasteiger partial charge in [0.2, 0.25) is 0 Å². The SMILES string of the molecule is NC(=NCC1CCOCC1)Nc1ccc2c(c1)CCC2. The maximum atomic E-state index is 5.98. The van der Waals surface area contributed by atoms with Gasteiger partial charge in [-0.2, -0.15) is 0 Å². The number of hydrogen-bond acceptors (Lipinski definition) is 2. The van der Waals surface area contributed by atoms with Gasteiger partial charge in [0.05, 0.1) is 0 Å². The van der Waals surface area contributed by atoms with E-state index in [0.717, 1.165) is 38.3 Å². The zero-order valence-corrected chi connectivity index (χ0v) is 11.9. The molecule has 1 aliphatic heterocycles. The Bertz CT molecular complexity index is 492. The van der Waals surface area contributed by atoms with Crippen molar-refractivity contribution in [1.82, 2.24) is 0 Å². The lowest BCUT2D eigenvalue weighted by molar-refractivity contribution is 0.0689. The van der Waals surface area contributed by atoms with Crippen LogP contribution < -0.4 is 11.1 Å². The lowest BCUT2D eigenvalue weighted by Gasteiger charge is -2.20. The second-order valence-electron chi connectivity index (χ2n) is 5.74. The number of aryl methyl sites for hydroxylation is 2. The van der Waals surface area contributed by atoms with Crippen LogP contribution in [0.4, 0.5) is 5.69 Å². The zero-order valence-electron chi connectivity index (χ0n) is 11.9. The van der Waals surface area contributed by atoms with Gasteiger partial charge in [-0.1, -0.05) is 6.07 Å². The second-order valence-corrected chi connectivity index (χ2v) is 5.74. The van der Waals surface area contributed by atoms with Gasteiger partial charge >= 0.3 is 0 Å². The summed E-state index contributed by atoms with van der Waals surface area (Å²) in [6.07, 6.45) is 5.85. The van der Waals surface area contributed by atoms with E-state index in [1.807, 2.05) is 0 Å². The predicted molar refractivity (Wildman–Crippen MR) is 82.1 cm³/mol. The molecule has 1 aliphatic carbocycles. The molecule has 0 aromatic heterocycles. The monoisotopic (exact) mass is 273 g/mol. The summed E-state index contributed by atoms with van der Waals surface area (Å²) in [7, 11) is 0.